The Morgan fingerprint density at radius 3 is 2.11 bits per heavy atom. The summed E-state index contributed by atoms with van der Waals surface area (Å²) in [6, 6.07) is 11.8. The van der Waals surface area contributed by atoms with Gasteiger partial charge in [-0.25, -0.2) is 4.90 Å². The van der Waals surface area contributed by atoms with Crippen molar-refractivity contribution in [1.82, 2.24) is 5.32 Å². The molecule has 1 heterocycles. The third-order valence-corrected chi connectivity index (χ3v) is 5.08. The van der Waals surface area contributed by atoms with Crippen LogP contribution in [0.3, 0.4) is 0 Å². The fourth-order valence-corrected chi connectivity index (χ4v) is 3.88. The van der Waals surface area contributed by atoms with Gasteiger partial charge in [0, 0.05) is 6.04 Å². The zero-order chi connectivity index (χ0) is 19.2. The fraction of sp³-hybridized carbons (Fsp3) is 0.300. The molecule has 1 unspecified atom stereocenters. The van der Waals surface area contributed by atoms with E-state index in [2.05, 4.69) is 5.32 Å². The molecular weight excluding hydrogens is 357 g/mol. The lowest BCUT2D eigenvalue weighted by Crippen LogP contribution is -2.44. The third-order valence-electron chi connectivity index (χ3n) is 5.08. The molecule has 0 bridgehead atoms. The average Bonchev–Trinajstić information content (AvgIpc) is 3.14. The molecule has 0 radical (unpaired) electrons. The zero-order valence-corrected chi connectivity index (χ0v) is 14.3. The van der Waals surface area contributed by atoms with E-state index in [1.54, 1.807) is 0 Å². The maximum Gasteiger partial charge on any atom is 0.418 e. The van der Waals surface area contributed by atoms with Crippen molar-refractivity contribution in [3.63, 3.8) is 0 Å². The number of imide groups is 1. The molecule has 2 amide bonds. The number of anilines is 1. The monoisotopic (exact) mass is 374 g/mol. The quantitative estimate of drug-likeness (QED) is 0.840. The summed E-state index contributed by atoms with van der Waals surface area (Å²) in [5.74, 6) is -1.25. The first-order valence-corrected chi connectivity index (χ1v) is 8.70. The number of halogens is 3. The highest BCUT2D eigenvalue weighted by atomic mass is 19.4. The molecule has 27 heavy (non-hydrogen) atoms. The van der Waals surface area contributed by atoms with Crippen LogP contribution in [-0.4, -0.2) is 23.9 Å². The highest BCUT2D eigenvalue weighted by molar-refractivity contribution is 6.22. The van der Waals surface area contributed by atoms with E-state index in [0.717, 1.165) is 25.0 Å². The van der Waals surface area contributed by atoms with Gasteiger partial charge in [0.05, 0.1) is 23.7 Å². The average molecular weight is 374 g/mol. The largest absolute Gasteiger partial charge is 0.418 e. The van der Waals surface area contributed by atoms with Gasteiger partial charge in [0.2, 0.25) is 5.91 Å². The summed E-state index contributed by atoms with van der Waals surface area (Å²) < 4.78 is 39.8. The second kappa shape index (κ2) is 6.49. The Labute approximate surface area is 154 Å². The molecule has 1 fully saturated rings. The van der Waals surface area contributed by atoms with Crippen molar-refractivity contribution in [2.75, 3.05) is 4.90 Å². The first-order valence-electron chi connectivity index (χ1n) is 8.70. The number of benzene rings is 2. The van der Waals surface area contributed by atoms with Crippen LogP contribution in [0.25, 0.3) is 0 Å². The van der Waals surface area contributed by atoms with Crippen LogP contribution in [-0.2, 0) is 28.6 Å². The number of hydrogen-bond acceptors (Lipinski definition) is 3. The maximum absolute atomic E-state index is 13.3. The molecule has 2 aromatic rings. The van der Waals surface area contributed by atoms with Crippen LogP contribution in [0.4, 0.5) is 18.9 Å². The Morgan fingerprint density at radius 1 is 0.889 bits per heavy atom. The van der Waals surface area contributed by atoms with Crippen molar-refractivity contribution in [2.24, 2.45) is 0 Å². The van der Waals surface area contributed by atoms with Gasteiger partial charge in [0.25, 0.3) is 5.91 Å². The van der Waals surface area contributed by atoms with E-state index in [4.69, 9.17) is 0 Å². The number of carbonyl (C=O) groups excluding carboxylic acids is 2. The summed E-state index contributed by atoms with van der Waals surface area (Å²) in [7, 11) is 0. The highest BCUT2D eigenvalue weighted by Crippen LogP contribution is 2.38. The number of rotatable bonds is 3. The second-order valence-electron chi connectivity index (χ2n) is 6.88. The molecule has 4 rings (SSSR count). The smallest absolute Gasteiger partial charge is 0.302 e. The van der Waals surface area contributed by atoms with Crippen LogP contribution in [0.1, 0.15) is 23.1 Å². The Bertz CT molecular complexity index is 885. The SMILES string of the molecule is O=C1CC(NC2Cc3ccccc3C2)C(=O)N1c1ccccc1C(F)(F)F. The van der Waals surface area contributed by atoms with E-state index in [9.17, 15) is 22.8 Å². The minimum absolute atomic E-state index is 0.0121. The summed E-state index contributed by atoms with van der Waals surface area (Å²) >= 11 is 0. The van der Waals surface area contributed by atoms with Crippen LogP contribution < -0.4 is 10.2 Å². The molecule has 0 aromatic heterocycles. The summed E-state index contributed by atoms with van der Waals surface area (Å²) in [6.07, 6.45) is -3.33. The predicted octanol–water partition coefficient (Wildman–Crippen LogP) is 3.09. The van der Waals surface area contributed by atoms with Crippen molar-refractivity contribution in [3.05, 3.63) is 65.2 Å². The van der Waals surface area contributed by atoms with E-state index >= 15 is 0 Å². The molecule has 1 aliphatic heterocycles. The van der Waals surface area contributed by atoms with Crippen LogP contribution in [0.15, 0.2) is 48.5 Å². The Balaban J connectivity index is 1.54. The summed E-state index contributed by atoms with van der Waals surface area (Å²) in [4.78, 5) is 25.8. The van der Waals surface area contributed by atoms with Crippen LogP contribution in [0.2, 0.25) is 0 Å². The molecule has 140 valence electrons. The molecule has 1 saturated heterocycles. The lowest BCUT2D eigenvalue weighted by molar-refractivity contribution is -0.137. The Hall–Kier alpha value is -2.67. The third kappa shape index (κ3) is 3.23. The van der Waals surface area contributed by atoms with Crippen LogP contribution in [0.5, 0.6) is 0 Å². The van der Waals surface area contributed by atoms with Gasteiger partial charge in [0.1, 0.15) is 0 Å². The van der Waals surface area contributed by atoms with Gasteiger partial charge in [-0.05, 0) is 36.1 Å². The molecule has 2 aliphatic rings. The Kier molecular flexibility index (Phi) is 4.26. The topological polar surface area (TPSA) is 49.4 Å². The summed E-state index contributed by atoms with van der Waals surface area (Å²) in [5, 5.41) is 3.17. The number of fused-ring (bicyclic) bond motifs is 1. The molecule has 4 nitrogen and oxygen atoms in total. The molecule has 1 atom stereocenters. The number of carbonyl (C=O) groups is 2. The number of nitrogens with one attached hydrogen (secondary N) is 1. The van der Waals surface area contributed by atoms with Crippen molar-refractivity contribution >= 4 is 17.5 Å². The highest BCUT2D eigenvalue weighted by Gasteiger charge is 2.44. The minimum Gasteiger partial charge on any atom is -0.302 e. The van der Waals surface area contributed by atoms with Crippen LogP contribution >= 0.6 is 0 Å². The number of para-hydroxylation sites is 1. The number of hydrogen-bond donors (Lipinski definition) is 1. The van der Waals surface area contributed by atoms with Crippen molar-refractivity contribution < 1.29 is 22.8 Å². The van der Waals surface area contributed by atoms with Gasteiger partial charge < -0.3 is 5.32 Å². The zero-order valence-electron chi connectivity index (χ0n) is 14.3. The van der Waals surface area contributed by atoms with E-state index < -0.39 is 35.3 Å². The van der Waals surface area contributed by atoms with Crippen molar-refractivity contribution in [1.29, 1.82) is 0 Å². The minimum atomic E-state index is -4.64. The predicted molar refractivity (Wildman–Crippen MR) is 93.1 cm³/mol. The van der Waals surface area contributed by atoms with E-state index in [0.29, 0.717) is 4.90 Å². The second-order valence-corrected chi connectivity index (χ2v) is 6.88. The van der Waals surface area contributed by atoms with E-state index in [-0.39, 0.29) is 12.5 Å². The van der Waals surface area contributed by atoms with Gasteiger partial charge in [-0.3, -0.25) is 9.59 Å². The molecule has 1 N–H and O–H groups in total. The van der Waals surface area contributed by atoms with Gasteiger partial charge in [-0.1, -0.05) is 36.4 Å². The molecular formula is C20H17F3N2O2. The van der Waals surface area contributed by atoms with E-state index in [1.165, 1.54) is 23.3 Å². The normalized spacial score (nSPS) is 20.4. The first-order chi connectivity index (χ1) is 12.8. The molecule has 0 saturated carbocycles. The van der Waals surface area contributed by atoms with Gasteiger partial charge in [0.15, 0.2) is 0 Å². The number of alkyl halides is 3. The van der Waals surface area contributed by atoms with Gasteiger partial charge in [-0.15, -0.1) is 0 Å². The van der Waals surface area contributed by atoms with Crippen molar-refractivity contribution in [3.8, 4) is 0 Å². The first kappa shape index (κ1) is 17.7. The van der Waals surface area contributed by atoms with Gasteiger partial charge >= 0.3 is 6.18 Å². The molecule has 1 aliphatic carbocycles. The van der Waals surface area contributed by atoms with Gasteiger partial charge in [-0.2, -0.15) is 13.2 Å². The number of amides is 2. The lowest BCUT2D eigenvalue weighted by Gasteiger charge is -2.21. The summed E-state index contributed by atoms with van der Waals surface area (Å²) in [6.45, 7) is 0. The Morgan fingerprint density at radius 2 is 1.48 bits per heavy atom. The van der Waals surface area contributed by atoms with E-state index in [1.807, 2.05) is 24.3 Å². The van der Waals surface area contributed by atoms with Crippen LogP contribution in [0, 0.1) is 0 Å². The summed E-state index contributed by atoms with van der Waals surface area (Å²) in [5.41, 5.74) is 0.983. The van der Waals surface area contributed by atoms with Crippen molar-refractivity contribution in [2.45, 2.75) is 37.5 Å². The lowest BCUT2D eigenvalue weighted by atomic mass is 10.1. The molecule has 7 heteroatoms. The standard InChI is InChI=1S/C20H17F3N2O2/c21-20(22,23)15-7-3-4-8-17(15)25-18(26)11-16(19(25)27)24-14-9-12-5-1-2-6-13(12)10-14/h1-8,14,16,24H,9-11H2. The molecule has 2 aromatic carbocycles. The number of nitrogens with zero attached hydrogens (tertiary/aromatic N) is 1. The fourth-order valence-electron chi connectivity index (χ4n) is 3.88. The maximum atomic E-state index is 13.3. The molecule has 0 spiro atoms.